The highest BCUT2D eigenvalue weighted by Crippen LogP contribution is 2.32. The van der Waals surface area contributed by atoms with Gasteiger partial charge in [-0.25, -0.2) is 14.0 Å². The lowest BCUT2D eigenvalue weighted by Crippen LogP contribution is -2.47. The number of benzene rings is 1. The van der Waals surface area contributed by atoms with E-state index in [1.54, 1.807) is 0 Å². The molecule has 0 saturated heterocycles. The number of rotatable bonds is 4. The van der Waals surface area contributed by atoms with Crippen LogP contribution in [0.2, 0.25) is 0 Å². The van der Waals surface area contributed by atoms with Gasteiger partial charge in [0.05, 0.1) is 0 Å². The highest BCUT2D eigenvalue weighted by atomic mass is 19.1. The summed E-state index contributed by atoms with van der Waals surface area (Å²) in [6.45, 7) is 0. The SMILES string of the molecule is CN(C(=O)NC(C(=O)O)C1CC1)c1ccc(F)cc1. The first-order valence-corrected chi connectivity index (χ1v) is 6.01. The zero-order valence-electron chi connectivity index (χ0n) is 10.5. The van der Waals surface area contributed by atoms with Crippen LogP contribution in [0.4, 0.5) is 14.9 Å². The van der Waals surface area contributed by atoms with E-state index in [0.29, 0.717) is 5.69 Å². The van der Waals surface area contributed by atoms with Gasteiger partial charge in [0.2, 0.25) is 0 Å². The molecule has 2 N–H and O–H groups in total. The number of hydrogen-bond donors (Lipinski definition) is 2. The van der Waals surface area contributed by atoms with E-state index in [1.807, 2.05) is 0 Å². The molecule has 2 amide bonds. The topological polar surface area (TPSA) is 69.6 Å². The predicted octanol–water partition coefficient (Wildman–Crippen LogP) is 1.83. The van der Waals surface area contributed by atoms with Crippen LogP contribution in [0.15, 0.2) is 24.3 Å². The van der Waals surface area contributed by atoms with Crippen LogP contribution in [0.3, 0.4) is 0 Å². The maximum atomic E-state index is 12.8. The molecule has 1 aliphatic carbocycles. The van der Waals surface area contributed by atoms with Crippen LogP contribution in [0.1, 0.15) is 12.8 Å². The van der Waals surface area contributed by atoms with Gasteiger partial charge in [0.1, 0.15) is 11.9 Å². The Labute approximate surface area is 110 Å². The first-order chi connectivity index (χ1) is 8.99. The number of aliphatic carboxylic acids is 1. The Morgan fingerprint density at radius 1 is 1.37 bits per heavy atom. The molecule has 5 nitrogen and oxygen atoms in total. The van der Waals surface area contributed by atoms with Gasteiger partial charge < -0.3 is 10.4 Å². The molecule has 0 bridgehead atoms. The van der Waals surface area contributed by atoms with Crippen LogP contribution in [0, 0.1) is 11.7 Å². The van der Waals surface area contributed by atoms with Crippen LogP contribution >= 0.6 is 0 Å². The first kappa shape index (κ1) is 13.3. The molecule has 1 fully saturated rings. The van der Waals surface area contributed by atoms with Crippen LogP contribution in [0.25, 0.3) is 0 Å². The van der Waals surface area contributed by atoms with E-state index in [1.165, 1.54) is 36.2 Å². The molecule has 0 aliphatic heterocycles. The monoisotopic (exact) mass is 266 g/mol. The number of carboxylic acids is 1. The lowest BCUT2D eigenvalue weighted by Gasteiger charge is -2.21. The Morgan fingerprint density at radius 2 is 1.95 bits per heavy atom. The van der Waals surface area contributed by atoms with Gasteiger partial charge in [0.25, 0.3) is 0 Å². The lowest BCUT2D eigenvalue weighted by atomic mass is 10.2. The molecule has 0 radical (unpaired) electrons. The Kier molecular flexibility index (Phi) is 3.69. The van der Waals surface area contributed by atoms with Crippen molar-refractivity contribution < 1.29 is 19.1 Å². The Morgan fingerprint density at radius 3 is 2.42 bits per heavy atom. The average Bonchev–Trinajstić information content (AvgIpc) is 3.19. The molecule has 19 heavy (non-hydrogen) atoms. The number of anilines is 1. The molecule has 1 saturated carbocycles. The van der Waals surface area contributed by atoms with Crippen molar-refractivity contribution in [3.8, 4) is 0 Å². The Bertz CT molecular complexity index is 485. The zero-order chi connectivity index (χ0) is 14.0. The number of carbonyl (C=O) groups is 2. The van der Waals surface area contributed by atoms with Crippen molar-refractivity contribution in [2.45, 2.75) is 18.9 Å². The molecule has 6 heteroatoms. The number of carboxylic acid groups (broad SMARTS) is 1. The van der Waals surface area contributed by atoms with E-state index < -0.39 is 18.0 Å². The third-order valence-corrected chi connectivity index (χ3v) is 3.16. The summed E-state index contributed by atoms with van der Waals surface area (Å²) in [6, 6.07) is 4.05. The molecule has 2 rings (SSSR count). The number of urea groups is 1. The van der Waals surface area contributed by atoms with Gasteiger partial charge in [-0.05, 0) is 43.0 Å². The van der Waals surface area contributed by atoms with Gasteiger partial charge in [0, 0.05) is 12.7 Å². The quantitative estimate of drug-likeness (QED) is 0.873. The summed E-state index contributed by atoms with van der Waals surface area (Å²) in [5, 5.41) is 11.5. The number of carbonyl (C=O) groups excluding carboxylic acids is 1. The van der Waals surface area contributed by atoms with Crippen LogP contribution in [-0.4, -0.2) is 30.2 Å². The van der Waals surface area contributed by atoms with Gasteiger partial charge in [-0.3, -0.25) is 4.90 Å². The molecule has 1 aliphatic rings. The van der Waals surface area contributed by atoms with Gasteiger partial charge in [0.15, 0.2) is 0 Å². The van der Waals surface area contributed by atoms with E-state index >= 15 is 0 Å². The smallest absolute Gasteiger partial charge is 0.326 e. The fraction of sp³-hybridized carbons (Fsp3) is 0.385. The third-order valence-electron chi connectivity index (χ3n) is 3.16. The highest BCUT2D eigenvalue weighted by molar-refractivity contribution is 5.94. The summed E-state index contributed by atoms with van der Waals surface area (Å²) in [7, 11) is 1.51. The molecule has 0 spiro atoms. The van der Waals surface area contributed by atoms with Crippen molar-refractivity contribution >= 4 is 17.7 Å². The first-order valence-electron chi connectivity index (χ1n) is 6.01. The number of hydrogen-bond acceptors (Lipinski definition) is 2. The van der Waals surface area contributed by atoms with E-state index in [9.17, 15) is 14.0 Å². The second-order valence-electron chi connectivity index (χ2n) is 4.64. The minimum atomic E-state index is -1.02. The number of amides is 2. The minimum absolute atomic E-state index is 0.0167. The van der Waals surface area contributed by atoms with Gasteiger partial charge >= 0.3 is 12.0 Å². The molecule has 1 unspecified atom stereocenters. The maximum Gasteiger partial charge on any atom is 0.326 e. The largest absolute Gasteiger partial charge is 0.480 e. The molecular formula is C13H15FN2O3. The van der Waals surface area contributed by atoms with Gasteiger partial charge in [-0.1, -0.05) is 0 Å². The summed E-state index contributed by atoms with van der Waals surface area (Å²) < 4.78 is 12.8. The minimum Gasteiger partial charge on any atom is -0.480 e. The average molecular weight is 266 g/mol. The van der Waals surface area contributed by atoms with Crippen LogP contribution in [-0.2, 0) is 4.79 Å². The van der Waals surface area contributed by atoms with E-state index in [4.69, 9.17) is 5.11 Å². The third kappa shape index (κ3) is 3.21. The van der Waals surface area contributed by atoms with Crippen molar-refractivity contribution in [2.24, 2.45) is 5.92 Å². The standard InChI is InChI=1S/C13H15FN2O3/c1-16(10-6-4-9(14)5-7-10)13(19)15-11(12(17)18)8-2-3-8/h4-8,11H,2-3H2,1H3,(H,15,19)(H,17,18). The van der Waals surface area contributed by atoms with Crippen LogP contribution in [0.5, 0.6) is 0 Å². The number of nitrogens with zero attached hydrogens (tertiary/aromatic N) is 1. The summed E-state index contributed by atoms with van der Waals surface area (Å²) in [4.78, 5) is 24.2. The Hall–Kier alpha value is -2.11. The maximum absolute atomic E-state index is 12.8. The van der Waals surface area contributed by atoms with Gasteiger partial charge in [-0.15, -0.1) is 0 Å². The summed E-state index contributed by atoms with van der Waals surface area (Å²) in [5.41, 5.74) is 0.499. The van der Waals surface area contributed by atoms with E-state index in [-0.39, 0.29) is 11.7 Å². The second kappa shape index (κ2) is 5.26. The lowest BCUT2D eigenvalue weighted by molar-refractivity contribution is -0.139. The number of halogens is 1. The molecule has 0 heterocycles. The van der Waals surface area contributed by atoms with Gasteiger partial charge in [-0.2, -0.15) is 0 Å². The normalized spacial score (nSPS) is 15.7. The molecule has 1 atom stereocenters. The summed E-state index contributed by atoms with van der Waals surface area (Å²) in [5.74, 6) is -1.40. The predicted molar refractivity (Wildman–Crippen MR) is 67.5 cm³/mol. The fourth-order valence-corrected chi connectivity index (χ4v) is 1.82. The van der Waals surface area contributed by atoms with Crippen molar-refractivity contribution in [1.29, 1.82) is 0 Å². The molecule has 0 aromatic heterocycles. The number of nitrogens with one attached hydrogen (secondary N) is 1. The van der Waals surface area contributed by atoms with E-state index in [2.05, 4.69) is 5.32 Å². The molecule has 1 aromatic rings. The summed E-state index contributed by atoms with van der Waals surface area (Å²) >= 11 is 0. The van der Waals surface area contributed by atoms with Crippen molar-refractivity contribution in [3.05, 3.63) is 30.1 Å². The molecule has 102 valence electrons. The highest BCUT2D eigenvalue weighted by Gasteiger charge is 2.37. The van der Waals surface area contributed by atoms with Crippen molar-refractivity contribution in [2.75, 3.05) is 11.9 Å². The molecule has 1 aromatic carbocycles. The van der Waals surface area contributed by atoms with E-state index in [0.717, 1.165) is 12.8 Å². The zero-order valence-corrected chi connectivity index (χ0v) is 10.5. The molecular weight excluding hydrogens is 251 g/mol. The Balaban J connectivity index is 2.02. The summed E-state index contributed by atoms with van der Waals surface area (Å²) in [6.07, 6.45) is 1.63. The van der Waals surface area contributed by atoms with Crippen molar-refractivity contribution in [3.63, 3.8) is 0 Å². The fourth-order valence-electron chi connectivity index (χ4n) is 1.82. The van der Waals surface area contributed by atoms with Crippen molar-refractivity contribution in [1.82, 2.24) is 5.32 Å². The van der Waals surface area contributed by atoms with Crippen LogP contribution < -0.4 is 10.2 Å². The second-order valence-corrected chi connectivity index (χ2v) is 4.64.